The summed E-state index contributed by atoms with van der Waals surface area (Å²) < 4.78 is 0. The first-order valence-corrected chi connectivity index (χ1v) is 7.41. The largest absolute Gasteiger partial charge is 0.361 e. The molecule has 1 aliphatic rings. The van der Waals surface area contributed by atoms with E-state index in [0.717, 1.165) is 35.3 Å². The van der Waals surface area contributed by atoms with Gasteiger partial charge >= 0.3 is 0 Å². The van der Waals surface area contributed by atoms with E-state index in [2.05, 4.69) is 34.6 Å². The van der Waals surface area contributed by atoms with E-state index >= 15 is 0 Å². The second-order valence-electron chi connectivity index (χ2n) is 6.07. The number of nitrogens with two attached hydrogens (primary N) is 1. The lowest BCUT2D eigenvalue weighted by Gasteiger charge is -2.39. The van der Waals surface area contributed by atoms with Crippen LogP contribution in [0.25, 0.3) is 10.8 Å². The molecule has 3 rings (SSSR count). The van der Waals surface area contributed by atoms with Crippen LogP contribution in [0.15, 0.2) is 30.5 Å². The van der Waals surface area contributed by atoms with Crippen LogP contribution < -0.4 is 11.1 Å². The molecule has 0 aliphatic heterocycles. The summed E-state index contributed by atoms with van der Waals surface area (Å²) in [5.41, 5.74) is 6.04. The fraction of sp³-hybridized carbons (Fsp3) is 0.500. The first-order valence-electron chi connectivity index (χ1n) is 7.41. The van der Waals surface area contributed by atoms with Crippen molar-refractivity contribution in [3.63, 3.8) is 0 Å². The molecule has 106 valence electrons. The Morgan fingerprint density at radius 3 is 2.80 bits per heavy atom. The van der Waals surface area contributed by atoms with Gasteiger partial charge in [0.2, 0.25) is 0 Å². The summed E-state index contributed by atoms with van der Waals surface area (Å²) in [5.74, 6) is 1.66. The summed E-state index contributed by atoms with van der Waals surface area (Å²) >= 11 is 0. The lowest BCUT2D eigenvalue weighted by atomic mass is 9.77. The van der Waals surface area contributed by atoms with Gasteiger partial charge in [-0.3, -0.25) is 0 Å². The van der Waals surface area contributed by atoms with E-state index in [4.69, 9.17) is 5.73 Å². The summed E-state index contributed by atoms with van der Waals surface area (Å²) in [6.45, 7) is 2.96. The molecule has 0 radical (unpaired) electrons. The Bertz CT molecular complexity index is 583. The molecule has 3 N–H and O–H groups in total. The number of benzene rings is 1. The number of fused-ring (bicyclic) bond motifs is 1. The number of aromatic nitrogens is 2. The van der Waals surface area contributed by atoms with Crippen molar-refractivity contribution in [3.8, 4) is 0 Å². The maximum Gasteiger partial charge on any atom is 0.157 e. The lowest BCUT2D eigenvalue weighted by Crippen LogP contribution is -2.48. The fourth-order valence-electron chi connectivity index (χ4n) is 3.07. The summed E-state index contributed by atoms with van der Waals surface area (Å²) in [6.07, 6.45) is 6.47. The molecule has 0 spiro atoms. The first-order chi connectivity index (χ1) is 9.72. The fourth-order valence-corrected chi connectivity index (χ4v) is 3.07. The molecule has 1 aliphatic carbocycles. The van der Waals surface area contributed by atoms with Crippen LogP contribution >= 0.6 is 0 Å². The van der Waals surface area contributed by atoms with E-state index in [1.807, 2.05) is 12.1 Å². The van der Waals surface area contributed by atoms with Crippen molar-refractivity contribution in [2.45, 2.75) is 38.1 Å². The van der Waals surface area contributed by atoms with E-state index in [9.17, 15) is 0 Å². The van der Waals surface area contributed by atoms with Gasteiger partial charge in [0.15, 0.2) is 5.82 Å². The monoisotopic (exact) mass is 270 g/mol. The SMILES string of the molecule is CC1CCC(CN)(Nc2nncc3ccccc23)CC1. The number of nitrogens with zero attached hydrogens (tertiary/aromatic N) is 2. The van der Waals surface area contributed by atoms with Gasteiger partial charge in [-0.15, -0.1) is 5.10 Å². The molecule has 4 nitrogen and oxygen atoms in total. The van der Waals surface area contributed by atoms with Gasteiger partial charge in [0, 0.05) is 17.3 Å². The Morgan fingerprint density at radius 1 is 1.30 bits per heavy atom. The Labute approximate surface area is 119 Å². The normalized spacial score (nSPS) is 26.6. The van der Waals surface area contributed by atoms with Crippen molar-refractivity contribution in [1.82, 2.24) is 10.2 Å². The summed E-state index contributed by atoms with van der Waals surface area (Å²) in [6, 6.07) is 8.21. The lowest BCUT2D eigenvalue weighted by molar-refractivity contribution is 0.271. The van der Waals surface area contributed by atoms with Crippen LogP contribution in [0.1, 0.15) is 32.6 Å². The maximum absolute atomic E-state index is 6.06. The molecule has 1 fully saturated rings. The average molecular weight is 270 g/mol. The van der Waals surface area contributed by atoms with E-state index in [1.165, 1.54) is 12.8 Å². The molecular weight excluding hydrogens is 248 g/mol. The van der Waals surface area contributed by atoms with Gasteiger partial charge in [0.1, 0.15) is 0 Å². The molecule has 1 aromatic carbocycles. The van der Waals surface area contributed by atoms with Gasteiger partial charge in [-0.2, -0.15) is 5.10 Å². The van der Waals surface area contributed by atoms with E-state index in [0.29, 0.717) is 6.54 Å². The highest BCUT2D eigenvalue weighted by atomic mass is 15.2. The molecule has 0 bridgehead atoms. The van der Waals surface area contributed by atoms with Crippen LogP contribution in [0, 0.1) is 5.92 Å². The van der Waals surface area contributed by atoms with E-state index < -0.39 is 0 Å². The van der Waals surface area contributed by atoms with Crippen molar-refractivity contribution >= 4 is 16.6 Å². The topological polar surface area (TPSA) is 63.8 Å². The number of rotatable bonds is 3. The predicted molar refractivity (Wildman–Crippen MR) is 82.6 cm³/mol. The van der Waals surface area contributed by atoms with Crippen molar-refractivity contribution in [1.29, 1.82) is 0 Å². The van der Waals surface area contributed by atoms with Crippen molar-refractivity contribution in [2.24, 2.45) is 11.7 Å². The number of anilines is 1. The molecule has 0 atom stereocenters. The third kappa shape index (κ3) is 2.48. The van der Waals surface area contributed by atoms with Crippen LogP contribution in [0.5, 0.6) is 0 Å². The first kappa shape index (κ1) is 13.3. The Hall–Kier alpha value is -1.68. The van der Waals surface area contributed by atoms with Crippen LogP contribution in [0.2, 0.25) is 0 Å². The van der Waals surface area contributed by atoms with Gasteiger partial charge in [0.05, 0.1) is 11.7 Å². The highest BCUT2D eigenvalue weighted by Gasteiger charge is 2.33. The van der Waals surface area contributed by atoms with Gasteiger partial charge < -0.3 is 11.1 Å². The average Bonchev–Trinajstić information content (AvgIpc) is 2.50. The Kier molecular flexibility index (Phi) is 3.57. The molecule has 1 heterocycles. The molecule has 0 amide bonds. The third-order valence-electron chi connectivity index (χ3n) is 4.58. The quantitative estimate of drug-likeness (QED) is 0.900. The molecule has 0 unspecified atom stereocenters. The van der Waals surface area contributed by atoms with Crippen LogP contribution in [0.4, 0.5) is 5.82 Å². The van der Waals surface area contributed by atoms with Gasteiger partial charge in [-0.25, -0.2) is 0 Å². The zero-order chi connectivity index (χ0) is 14.0. The highest BCUT2D eigenvalue weighted by molar-refractivity contribution is 5.91. The van der Waals surface area contributed by atoms with Crippen molar-refractivity contribution in [3.05, 3.63) is 30.5 Å². The Balaban J connectivity index is 1.91. The van der Waals surface area contributed by atoms with Crippen LogP contribution in [0.3, 0.4) is 0 Å². The summed E-state index contributed by atoms with van der Waals surface area (Å²) in [7, 11) is 0. The molecule has 20 heavy (non-hydrogen) atoms. The van der Waals surface area contributed by atoms with Gasteiger partial charge in [0.25, 0.3) is 0 Å². The Morgan fingerprint density at radius 2 is 2.05 bits per heavy atom. The third-order valence-corrected chi connectivity index (χ3v) is 4.58. The summed E-state index contributed by atoms with van der Waals surface area (Å²) in [5, 5.41) is 14.2. The van der Waals surface area contributed by atoms with Crippen LogP contribution in [-0.4, -0.2) is 22.3 Å². The van der Waals surface area contributed by atoms with E-state index in [1.54, 1.807) is 6.20 Å². The highest BCUT2D eigenvalue weighted by Crippen LogP contribution is 2.34. The second-order valence-corrected chi connectivity index (χ2v) is 6.07. The van der Waals surface area contributed by atoms with Crippen LogP contribution in [-0.2, 0) is 0 Å². The maximum atomic E-state index is 6.06. The zero-order valence-corrected chi connectivity index (χ0v) is 12.0. The van der Waals surface area contributed by atoms with E-state index in [-0.39, 0.29) is 5.54 Å². The van der Waals surface area contributed by atoms with Gasteiger partial charge in [-0.05, 0) is 31.6 Å². The zero-order valence-electron chi connectivity index (χ0n) is 12.0. The summed E-state index contributed by atoms with van der Waals surface area (Å²) in [4.78, 5) is 0. The molecular formula is C16H22N4. The predicted octanol–water partition coefficient (Wildman–Crippen LogP) is 2.95. The standard InChI is InChI=1S/C16H22N4/c1-12-6-8-16(11-17,9-7-12)19-15-14-5-3-2-4-13(14)10-18-20-15/h2-5,10,12H,6-9,11,17H2,1H3,(H,19,20). The molecule has 1 saturated carbocycles. The number of hydrogen-bond donors (Lipinski definition) is 2. The van der Waals surface area contributed by atoms with Crippen molar-refractivity contribution < 1.29 is 0 Å². The number of hydrogen-bond acceptors (Lipinski definition) is 4. The minimum absolute atomic E-state index is 0.0225. The smallest absolute Gasteiger partial charge is 0.157 e. The minimum atomic E-state index is -0.0225. The molecule has 0 saturated heterocycles. The second kappa shape index (κ2) is 5.37. The minimum Gasteiger partial charge on any atom is -0.361 e. The van der Waals surface area contributed by atoms with Gasteiger partial charge in [-0.1, -0.05) is 31.2 Å². The molecule has 2 aromatic rings. The molecule has 1 aromatic heterocycles. The number of nitrogens with one attached hydrogen (secondary N) is 1. The van der Waals surface area contributed by atoms with Crippen molar-refractivity contribution in [2.75, 3.05) is 11.9 Å². The molecule has 4 heteroatoms.